The minimum Gasteiger partial charge on any atom is -0.356 e. The lowest BCUT2D eigenvalue weighted by atomic mass is 9.88. The second-order valence-electron chi connectivity index (χ2n) is 33.3. The zero-order chi connectivity index (χ0) is 103. The van der Waals surface area contributed by atoms with Crippen LogP contribution in [0.15, 0.2) is 0 Å². The van der Waals surface area contributed by atoms with E-state index in [9.17, 15) is 28.8 Å². The summed E-state index contributed by atoms with van der Waals surface area (Å²) in [7, 11) is 0. The summed E-state index contributed by atoms with van der Waals surface area (Å²) in [5.41, 5.74) is 0.446. The molecule has 0 atom stereocenters. The standard InChI is InChI=1S/C72H6.2C14H27NO2S.C12H24OS.C11H23NOS/c1-3-5-7-9-11-13-15-17-19-21-23-25-27-29-31-33-35-37-39-41-43-45-47-49-51-53-55-57-59-61-63-65-67-69-71-72-70-68-66-64-62-60-58-56-54-52-50-48-46-44-42-40-38-36-34-32-30-28-26-24-22-20-18-16-14-12-10-8-6-4-2;1-13(2,3)10-15-12(17)8-7-11(16)9-14(4,5)18-6;1-13(2,3)9-11(16)7-8-12(17)15-10-14(4,5)18-6;1-11(2,3)8-7-10(13)9-12(4,5)14-6;1-10(2,3)7-9(13)12-8-11(4,5)14-6/h1-2H3;2*7-10H2,1-6H3,(H,15,17);7-9H2,1-6H3;7-8H2,1-6H3,(H,12,13). The van der Waals surface area contributed by atoms with Crippen LogP contribution in [-0.2, 0) is 28.8 Å². The second kappa shape index (κ2) is 84.0. The van der Waals surface area contributed by atoms with Gasteiger partial charge in [-0.3, -0.25) is 28.8 Å². The molecular formula is C123H107N3O6S4. The van der Waals surface area contributed by atoms with Crippen LogP contribution in [0.2, 0.25) is 0 Å². The number of rotatable bonds is 23. The molecule has 0 aromatic rings. The van der Waals surface area contributed by atoms with Crippen LogP contribution < -0.4 is 16.0 Å². The molecule has 0 aliphatic carbocycles. The summed E-state index contributed by atoms with van der Waals surface area (Å²) in [5, 5.41) is 8.71. The maximum atomic E-state index is 11.7. The van der Waals surface area contributed by atoms with Crippen molar-refractivity contribution in [2.45, 2.75) is 236 Å². The van der Waals surface area contributed by atoms with Crippen molar-refractivity contribution in [1.82, 2.24) is 16.0 Å². The molecule has 0 saturated carbocycles. The molecule has 0 aliphatic heterocycles. The molecule has 0 aromatic heterocycles. The summed E-state index contributed by atoms with van der Waals surface area (Å²) < 4.78 is 0.257. The van der Waals surface area contributed by atoms with Crippen LogP contribution in [0.4, 0.5) is 0 Å². The second-order valence-corrected chi connectivity index (χ2v) is 39.3. The first-order valence-corrected chi connectivity index (χ1v) is 46.1. The van der Waals surface area contributed by atoms with Gasteiger partial charge in [0.1, 0.15) is 17.3 Å². The smallest absolute Gasteiger partial charge is 0.220 e. The highest BCUT2D eigenvalue weighted by molar-refractivity contribution is 8.00. The average molecular weight is 1850 g/mol. The van der Waals surface area contributed by atoms with Gasteiger partial charge in [0.25, 0.3) is 0 Å². The van der Waals surface area contributed by atoms with E-state index in [-0.39, 0.29) is 69.9 Å². The molecule has 3 N–H and O–H groups in total. The highest BCUT2D eigenvalue weighted by Gasteiger charge is 2.25. The maximum Gasteiger partial charge on any atom is 0.220 e. The van der Waals surface area contributed by atoms with Gasteiger partial charge in [-0.2, -0.15) is 47.0 Å². The van der Waals surface area contributed by atoms with Crippen molar-refractivity contribution in [2.24, 2.45) is 21.7 Å². The third-order valence-corrected chi connectivity index (χ3v) is 19.0. The topological polar surface area (TPSA) is 139 Å². The normalized spacial score (nSPS) is 8.01. The van der Waals surface area contributed by atoms with Crippen LogP contribution in [0.1, 0.15) is 217 Å². The minimum atomic E-state index is -0.0288. The number of thioether (sulfide) groups is 4. The van der Waals surface area contributed by atoms with E-state index in [1.165, 1.54) is 0 Å². The zero-order valence-corrected chi connectivity index (χ0v) is 86.0. The van der Waals surface area contributed by atoms with Gasteiger partial charge in [-0.15, -0.1) is 0 Å². The predicted molar refractivity (Wildman–Crippen MR) is 572 cm³/mol. The van der Waals surface area contributed by atoms with Gasteiger partial charge in [0.2, 0.25) is 17.7 Å². The van der Waals surface area contributed by atoms with Crippen molar-refractivity contribution < 1.29 is 28.8 Å². The van der Waals surface area contributed by atoms with Gasteiger partial charge < -0.3 is 16.0 Å². The molecule has 0 aromatic carbocycles. The van der Waals surface area contributed by atoms with E-state index in [4.69, 9.17) is 0 Å². The number of Topliss-reactive ketones (excluding diaryl/α,β-unsaturated/α-hetero) is 3. The highest BCUT2D eigenvalue weighted by Crippen LogP contribution is 2.29. The SMILES string of the molecule is CC#CC#CC#CC#CC#CC#CC#CC#CC#CC#CC#CC#CC#CC#CC#CC#CC#CC#CC#CC#CC#CC#CC#CC#CC#CC#CC#CC#CC#CC#CC#CC#CC#CC#CC#CC.CSC(C)(C)CC(=O)CCC(=O)NCC(C)(C)C.CSC(C)(C)CC(=O)CCC(C)(C)C.CSC(C)(C)CNC(=O)CC(C)(C)C.CSC(C)(C)CNC(=O)CCC(=O)CC(C)(C)C. The molecule has 13 heteroatoms. The van der Waals surface area contributed by atoms with Crippen LogP contribution >= 0.6 is 47.0 Å². The fourth-order valence-corrected chi connectivity index (χ4v) is 8.05. The van der Waals surface area contributed by atoms with Gasteiger partial charge >= 0.3 is 0 Å². The summed E-state index contributed by atoms with van der Waals surface area (Å²) in [6, 6.07) is 0. The predicted octanol–water partition coefficient (Wildman–Crippen LogP) is 13.8. The van der Waals surface area contributed by atoms with Crippen molar-refractivity contribution >= 4 is 82.1 Å². The Morgan fingerprint density at radius 3 is 0.500 bits per heavy atom. The molecule has 136 heavy (non-hydrogen) atoms. The van der Waals surface area contributed by atoms with E-state index < -0.39 is 0 Å². The van der Waals surface area contributed by atoms with Gasteiger partial charge in [-0.1, -0.05) is 123 Å². The van der Waals surface area contributed by atoms with Crippen molar-refractivity contribution in [2.75, 3.05) is 44.7 Å². The first-order valence-electron chi connectivity index (χ1n) is 41.2. The van der Waals surface area contributed by atoms with Gasteiger partial charge in [0.15, 0.2) is 0 Å². The van der Waals surface area contributed by atoms with Crippen molar-refractivity contribution in [3.8, 4) is 414 Å². The third-order valence-electron chi connectivity index (χ3n) is 14.0. The Morgan fingerprint density at radius 2 is 0.338 bits per heavy atom. The van der Waals surface area contributed by atoms with E-state index >= 15 is 0 Å². The van der Waals surface area contributed by atoms with Crippen molar-refractivity contribution in [3.05, 3.63) is 0 Å². The Morgan fingerprint density at radius 1 is 0.176 bits per heavy atom. The molecule has 0 radical (unpaired) electrons. The third kappa shape index (κ3) is 113. The first kappa shape index (κ1) is 128. The number of carbonyl (C=O) groups excluding carboxylic acids is 6. The molecule has 0 unspecified atom stereocenters. The molecule has 0 saturated heterocycles. The number of amides is 3. The molecule has 0 bridgehead atoms. The van der Waals surface area contributed by atoms with Crippen LogP contribution in [0, 0.1) is 436 Å². The fourth-order valence-electron chi connectivity index (χ4n) is 7.01. The van der Waals surface area contributed by atoms with Gasteiger partial charge in [-0.25, -0.2) is 0 Å². The highest BCUT2D eigenvalue weighted by atomic mass is 32.2. The van der Waals surface area contributed by atoms with E-state index in [1.807, 2.05) is 33.3 Å². The summed E-state index contributed by atoms with van der Waals surface area (Å²) in [6.07, 6.45) is 13.6. The van der Waals surface area contributed by atoms with Crippen molar-refractivity contribution in [1.29, 1.82) is 0 Å². The lowest BCUT2D eigenvalue weighted by molar-refractivity contribution is -0.126. The lowest BCUT2D eigenvalue weighted by Crippen LogP contribution is -2.37. The molecular weight excluding hydrogens is 1740 g/mol. The largest absolute Gasteiger partial charge is 0.356 e. The Balaban J connectivity index is -0.000000703. The van der Waals surface area contributed by atoms with Gasteiger partial charge in [0.05, 0.1) is 0 Å². The van der Waals surface area contributed by atoms with Crippen LogP contribution in [-0.4, -0.2) is 98.7 Å². The Kier molecular flexibility index (Phi) is 79.0. The number of carbonyl (C=O) groups is 6. The number of hydrogen-bond donors (Lipinski definition) is 3. The molecule has 0 heterocycles. The van der Waals surface area contributed by atoms with Crippen LogP contribution in [0.25, 0.3) is 0 Å². The van der Waals surface area contributed by atoms with Gasteiger partial charge in [-0.05, 0) is 189 Å². The molecule has 0 aliphatic rings. The summed E-state index contributed by atoms with van der Waals surface area (Å²) in [6.45, 7) is 47.3. The van der Waals surface area contributed by atoms with Gasteiger partial charge in [0, 0.05) is 404 Å². The van der Waals surface area contributed by atoms with Crippen LogP contribution in [0.3, 0.4) is 0 Å². The van der Waals surface area contributed by atoms with E-state index in [0.717, 1.165) is 19.4 Å². The molecule has 0 fully saturated rings. The summed E-state index contributed by atoms with van der Waals surface area (Å²) in [4.78, 5) is 69.7. The van der Waals surface area contributed by atoms with Crippen molar-refractivity contribution in [3.63, 3.8) is 0 Å². The zero-order valence-electron chi connectivity index (χ0n) is 82.8. The molecule has 674 valence electrons. The van der Waals surface area contributed by atoms with E-state index in [0.29, 0.717) is 70.2 Å². The summed E-state index contributed by atoms with van der Waals surface area (Å²) in [5.74, 6) is 176. The van der Waals surface area contributed by atoms with Crippen LogP contribution in [0.5, 0.6) is 0 Å². The summed E-state index contributed by atoms with van der Waals surface area (Å²) >= 11 is 6.94. The Hall–Kier alpha value is -16.6. The lowest BCUT2D eigenvalue weighted by Gasteiger charge is -2.24. The maximum absolute atomic E-state index is 11.7. The molecule has 0 rings (SSSR count). The number of ketones is 3. The Bertz CT molecular complexity index is 6490. The monoisotopic (exact) mass is 1850 g/mol. The molecule has 9 nitrogen and oxygen atoms in total. The molecule has 3 amide bonds. The van der Waals surface area contributed by atoms with E-state index in [2.05, 4.69) is 561 Å². The minimum absolute atomic E-state index is 0.00833. The number of nitrogens with one attached hydrogen (secondary N) is 3. The molecule has 0 spiro atoms. The van der Waals surface area contributed by atoms with E-state index in [1.54, 1.807) is 60.9 Å². The quantitative estimate of drug-likeness (QED) is 0.0848. The average Bonchev–Trinajstić information content (AvgIpc) is 0.860. The fraction of sp³-hybridized carbons (Fsp3) is 0.382. The number of hydrogen-bond acceptors (Lipinski definition) is 10. The Labute approximate surface area is 836 Å². The first-order chi connectivity index (χ1) is 64.3.